The van der Waals surface area contributed by atoms with E-state index in [1.807, 2.05) is 31.2 Å². The fraction of sp³-hybridized carbons (Fsp3) is 0.429. The fourth-order valence-electron chi connectivity index (χ4n) is 1.78. The molecule has 2 rings (SSSR count). The fourth-order valence-corrected chi connectivity index (χ4v) is 2.40. The molecule has 2 aromatic rings. The minimum absolute atomic E-state index is 0.348. The van der Waals surface area contributed by atoms with Crippen molar-refractivity contribution in [3.8, 4) is 11.5 Å². The zero-order valence-electron chi connectivity index (χ0n) is 12.9. The van der Waals surface area contributed by atoms with Crippen molar-refractivity contribution < 1.29 is 12.9 Å². The van der Waals surface area contributed by atoms with Crippen LogP contribution in [-0.2, 0) is 23.1 Å². The van der Waals surface area contributed by atoms with Crippen LogP contribution in [0.15, 0.2) is 28.8 Å². The average molecular weight is 324 g/mol. The molecular formula is C14H20N4O3S. The molecule has 0 aliphatic rings. The van der Waals surface area contributed by atoms with Crippen LogP contribution in [0.1, 0.15) is 18.3 Å². The second kappa shape index (κ2) is 6.99. The summed E-state index contributed by atoms with van der Waals surface area (Å²) in [6.07, 6.45) is 1.34. The highest BCUT2D eigenvalue weighted by molar-refractivity contribution is 7.87. The Hall–Kier alpha value is -1.77. The first kappa shape index (κ1) is 16.6. The molecule has 7 nitrogen and oxygen atoms in total. The third kappa shape index (κ3) is 4.12. The molecule has 22 heavy (non-hydrogen) atoms. The van der Waals surface area contributed by atoms with Gasteiger partial charge in [-0.3, -0.25) is 0 Å². The maximum atomic E-state index is 11.6. The number of hydrogen-bond acceptors (Lipinski definition) is 5. The average Bonchev–Trinajstić information content (AvgIpc) is 2.96. The van der Waals surface area contributed by atoms with Crippen LogP contribution in [0.25, 0.3) is 11.5 Å². The first-order valence-corrected chi connectivity index (χ1v) is 8.45. The van der Waals surface area contributed by atoms with Crippen LogP contribution >= 0.6 is 0 Å². The summed E-state index contributed by atoms with van der Waals surface area (Å²) >= 11 is 0. The summed E-state index contributed by atoms with van der Waals surface area (Å²) in [7, 11) is -0.385. The maximum Gasteiger partial charge on any atom is 0.278 e. The molecule has 0 aliphatic heterocycles. The van der Waals surface area contributed by atoms with Gasteiger partial charge in [0.1, 0.15) is 0 Å². The molecule has 1 aromatic carbocycles. The summed E-state index contributed by atoms with van der Waals surface area (Å²) in [6.45, 7) is 2.31. The lowest BCUT2D eigenvalue weighted by molar-refractivity contribution is 0.423. The molecule has 120 valence electrons. The number of hydrogen-bond donors (Lipinski definition) is 1. The zero-order valence-corrected chi connectivity index (χ0v) is 13.7. The van der Waals surface area contributed by atoms with Crippen LogP contribution in [0.2, 0.25) is 0 Å². The van der Waals surface area contributed by atoms with E-state index in [1.54, 1.807) is 0 Å². The molecule has 0 unspecified atom stereocenters. The smallest absolute Gasteiger partial charge is 0.278 e. The van der Waals surface area contributed by atoms with Gasteiger partial charge in [-0.1, -0.05) is 24.2 Å². The largest absolute Gasteiger partial charge is 0.334 e. The van der Waals surface area contributed by atoms with E-state index in [1.165, 1.54) is 14.1 Å². The van der Waals surface area contributed by atoms with Crippen LogP contribution in [0.4, 0.5) is 0 Å². The Morgan fingerprint density at radius 2 is 1.91 bits per heavy atom. The lowest BCUT2D eigenvalue weighted by Crippen LogP contribution is -2.36. The van der Waals surface area contributed by atoms with Gasteiger partial charge < -0.3 is 4.52 Å². The summed E-state index contributed by atoms with van der Waals surface area (Å²) in [6, 6.07) is 7.63. The van der Waals surface area contributed by atoms with E-state index in [0.29, 0.717) is 24.7 Å². The highest BCUT2D eigenvalue weighted by Crippen LogP contribution is 2.18. The van der Waals surface area contributed by atoms with Crippen molar-refractivity contribution in [2.24, 2.45) is 0 Å². The van der Waals surface area contributed by atoms with Gasteiger partial charge in [0, 0.05) is 32.6 Å². The summed E-state index contributed by atoms with van der Waals surface area (Å²) in [5.74, 6) is 1.17. The van der Waals surface area contributed by atoms with Gasteiger partial charge >= 0.3 is 0 Å². The Morgan fingerprint density at radius 1 is 1.23 bits per heavy atom. The topological polar surface area (TPSA) is 88.3 Å². The van der Waals surface area contributed by atoms with Gasteiger partial charge in [-0.15, -0.1) is 0 Å². The van der Waals surface area contributed by atoms with Gasteiger partial charge in [0.15, 0.2) is 5.82 Å². The normalized spacial score (nSPS) is 12.0. The number of benzene rings is 1. The Kier molecular flexibility index (Phi) is 5.28. The van der Waals surface area contributed by atoms with Crippen molar-refractivity contribution in [2.75, 3.05) is 20.6 Å². The minimum Gasteiger partial charge on any atom is -0.334 e. The second-order valence-corrected chi connectivity index (χ2v) is 6.97. The van der Waals surface area contributed by atoms with E-state index in [0.717, 1.165) is 21.9 Å². The van der Waals surface area contributed by atoms with Crippen molar-refractivity contribution in [1.29, 1.82) is 0 Å². The van der Waals surface area contributed by atoms with Crippen molar-refractivity contribution in [3.05, 3.63) is 35.7 Å². The van der Waals surface area contributed by atoms with E-state index in [-0.39, 0.29) is 0 Å². The highest BCUT2D eigenvalue weighted by Gasteiger charge is 2.12. The Labute approximate surface area is 130 Å². The molecule has 0 amide bonds. The van der Waals surface area contributed by atoms with Crippen molar-refractivity contribution in [1.82, 2.24) is 19.2 Å². The quantitative estimate of drug-likeness (QED) is 0.828. The zero-order chi connectivity index (χ0) is 16.2. The lowest BCUT2D eigenvalue weighted by Gasteiger charge is -2.12. The van der Waals surface area contributed by atoms with Crippen LogP contribution in [-0.4, -0.2) is 43.5 Å². The lowest BCUT2D eigenvalue weighted by atomic mass is 10.1. The third-order valence-corrected chi connectivity index (χ3v) is 4.69. The van der Waals surface area contributed by atoms with Gasteiger partial charge in [-0.25, -0.2) is 4.72 Å². The van der Waals surface area contributed by atoms with E-state index >= 15 is 0 Å². The Bertz CT molecular complexity index is 708. The van der Waals surface area contributed by atoms with E-state index in [9.17, 15) is 8.42 Å². The Balaban J connectivity index is 1.95. The van der Waals surface area contributed by atoms with Crippen LogP contribution in [0, 0.1) is 0 Å². The molecule has 0 radical (unpaired) electrons. The van der Waals surface area contributed by atoms with Crippen LogP contribution < -0.4 is 4.72 Å². The molecule has 8 heteroatoms. The van der Waals surface area contributed by atoms with Gasteiger partial charge in [0.25, 0.3) is 16.1 Å². The molecule has 1 aromatic heterocycles. The first-order chi connectivity index (χ1) is 10.4. The standard InChI is InChI=1S/C14H20N4O3S/c1-4-13-16-14(21-17-13)12-7-5-11(6-8-12)9-10-15-22(19,20)18(2)3/h5-8,15H,4,9-10H2,1-3H3. The van der Waals surface area contributed by atoms with E-state index in [4.69, 9.17) is 4.52 Å². The number of nitrogens with zero attached hydrogens (tertiary/aromatic N) is 3. The molecule has 0 aliphatic carbocycles. The second-order valence-electron chi connectivity index (χ2n) is 5.00. The molecule has 0 atom stereocenters. The first-order valence-electron chi connectivity index (χ1n) is 7.01. The van der Waals surface area contributed by atoms with Crippen LogP contribution in [0.5, 0.6) is 0 Å². The maximum absolute atomic E-state index is 11.6. The molecule has 0 saturated carbocycles. The third-order valence-electron chi connectivity index (χ3n) is 3.16. The van der Waals surface area contributed by atoms with Crippen molar-refractivity contribution >= 4 is 10.2 Å². The summed E-state index contributed by atoms with van der Waals surface area (Å²) < 4.78 is 32.0. The van der Waals surface area contributed by atoms with Crippen molar-refractivity contribution in [3.63, 3.8) is 0 Å². The number of aromatic nitrogens is 2. The molecule has 0 spiro atoms. The Morgan fingerprint density at radius 3 is 2.45 bits per heavy atom. The predicted molar refractivity (Wildman–Crippen MR) is 83.4 cm³/mol. The summed E-state index contributed by atoms with van der Waals surface area (Å²) in [5, 5.41) is 3.86. The van der Waals surface area contributed by atoms with Gasteiger partial charge in [-0.05, 0) is 24.1 Å². The highest BCUT2D eigenvalue weighted by atomic mass is 32.2. The monoisotopic (exact) mass is 324 g/mol. The van der Waals surface area contributed by atoms with E-state index in [2.05, 4.69) is 14.9 Å². The minimum atomic E-state index is -3.37. The number of aryl methyl sites for hydroxylation is 1. The molecule has 0 saturated heterocycles. The van der Waals surface area contributed by atoms with Gasteiger partial charge in [0.05, 0.1) is 0 Å². The summed E-state index contributed by atoms with van der Waals surface area (Å²) in [5.41, 5.74) is 1.88. The van der Waals surface area contributed by atoms with Gasteiger partial charge in [-0.2, -0.15) is 17.7 Å². The number of rotatable bonds is 7. The molecule has 1 N–H and O–H groups in total. The molecule has 0 fully saturated rings. The van der Waals surface area contributed by atoms with Crippen LogP contribution in [0.3, 0.4) is 0 Å². The van der Waals surface area contributed by atoms with Crippen molar-refractivity contribution in [2.45, 2.75) is 19.8 Å². The predicted octanol–water partition coefficient (Wildman–Crippen LogP) is 1.24. The molecule has 1 heterocycles. The molecule has 0 bridgehead atoms. The SMILES string of the molecule is CCc1noc(-c2ccc(CCNS(=O)(=O)N(C)C)cc2)n1. The number of nitrogens with one attached hydrogen (secondary N) is 1. The summed E-state index contributed by atoms with van der Waals surface area (Å²) in [4.78, 5) is 4.27. The molecular weight excluding hydrogens is 304 g/mol. The van der Waals surface area contributed by atoms with E-state index < -0.39 is 10.2 Å². The van der Waals surface area contributed by atoms with Gasteiger partial charge in [0.2, 0.25) is 0 Å².